The molecule has 0 unspecified atom stereocenters. The van der Waals surface area contributed by atoms with Gasteiger partial charge in [-0.2, -0.15) is 0 Å². The number of hydrogen-bond acceptors (Lipinski definition) is 3. The van der Waals surface area contributed by atoms with E-state index in [4.69, 9.17) is 12.2 Å². The van der Waals surface area contributed by atoms with Gasteiger partial charge in [0.1, 0.15) is 4.32 Å². The maximum atomic E-state index is 12.3. The Labute approximate surface area is 132 Å². The standard InChI is InChI=1S/C15H26N2OS2/c1-16(13-8-4-2-5-9-13)14(18)12-20-15(19)17-10-6-3-7-11-17/h13H,2-12H2,1H3. The molecular weight excluding hydrogens is 288 g/mol. The van der Waals surface area contributed by atoms with Crippen LogP contribution in [0.15, 0.2) is 0 Å². The normalized spacial score (nSPS) is 20.8. The van der Waals surface area contributed by atoms with Crippen LogP contribution in [-0.4, -0.2) is 52.0 Å². The molecule has 0 N–H and O–H groups in total. The third-order valence-electron chi connectivity index (χ3n) is 4.45. The summed E-state index contributed by atoms with van der Waals surface area (Å²) in [6, 6.07) is 0.459. The monoisotopic (exact) mass is 314 g/mol. The van der Waals surface area contributed by atoms with Crippen molar-refractivity contribution in [2.45, 2.75) is 57.4 Å². The Balaban J connectivity index is 1.71. The molecule has 0 bridgehead atoms. The summed E-state index contributed by atoms with van der Waals surface area (Å²) >= 11 is 7.00. The van der Waals surface area contributed by atoms with Crippen molar-refractivity contribution >= 4 is 34.2 Å². The highest BCUT2D eigenvalue weighted by molar-refractivity contribution is 8.23. The predicted octanol–water partition coefficient (Wildman–Crippen LogP) is 3.28. The van der Waals surface area contributed by atoms with E-state index >= 15 is 0 Å². The van der Waals surface area contributed by atoms with Crippen molar-refractivity contribution in [2.24, 2.45) is 0 Å². The summed E-state index contributed by atoms with van der Waals surface area (Å²) < 4.78 is 0.912. The average Bonchev–Trinajstić information content (AvgIpc) is 2.53. The van der Waals surface area contributed by atoms with Crippen molar-refractivity contribution in [1.82, 2.24) is 9.80 Å². The number of thioether (sulfide) groups is 1. The number of hydrogen-bond donors (Lipinski definition) is 0. The third-order valence-corrected chi connectivity index (χ3v) is 5.96. The Hall–Kier alpha value is -0.290. The number of nitrogens with zero attached hydrogens (tertiary/aromatic N) is 2. The molecule has 0 atom stereocenters. The molecule has 114 valence electrons. The molecule has 2 aliphatic rings. The summed E-state index contributed by atoms with van der Waals surface area (Å²) in [5.74, 6) is 0.740. The quantitative estimate of drug-likeness (QED) is 0.746. The molecule has 0 aromatic heterocycles. The summed E-state index contributed by atoms with van der Waals surface area (Å²) in [5.41, 5.74) is 0. The van der Waals surface area contributed by atoms with Crippen molar-refractivity contribution in [2.75, 3.05) is 25.9 Å². The number of rotatable bonds is 3. The summed E-state index contributed by atoms with van der Waals surface area (Å²) in [4.78, 5) is 16.5. The van der Waals surface area contributed by atoms with Crippen LogP contribution in [0.25, 0.3) is 0 Å². The van der Waals surface area contributed by atoms with Crippen LogP contribution in [0, 0.1) is 0 Å². The second kappa shape index (κ2) is 8.23. The van der Waals surface area contributed by atoms with Crippen LogP contribution in [0.5, 0.6) is 0 Å². The molecule has 1 saturated carbocycles. The van der Waals surface area contributed by atoms with Gasteiger partial charge in [0.15, 0.2) is 0 Å². The molecule has 1 aliphatic carbocycles. The lowest BCUT2D eigenvalue weighted by molar-refractivity contribution is -0.129. The van der Waals surface area contributed by atoms with E-state index < -0.39 is 0 Å². The minimum absolute atomic E-state index is 0.237. The fraction of sp³-hybridized carbons (Fsp3) is 0.867. The van der Waals surface area contributed by atoms with Crippen molar-refractivity contribution in [1.29, 1.82) is 0 Å². The summed E-state index contributed by atoms with van der Waals surface area (Å²) in [6.07, 6.45) is 9.98. The number of carbonyl (C=O) groups is 1. The van der Waals surface area contributed by atoms with Gasteiger partial charge in [0.05, 0.1) is 5.75 Å². The minimum atomic E-state index is 0.237. The zero-order chi connectivity index (χ0) is 14.4. The minimum Gasteiger partial charge on any atom is -0.358 e. The fourth-order valence-corrected chi connectivity index (χ4v) is 4.24. The van der Waals surface area contributed by atoms with Gasteiger partial charge in [-0.3, -0.25) is 4.79 Å². The van der Waals surface area contributed by atoms with Crippen molar-refractivity contribution in [3.05, 3.63) is 0 Å². The van der Waals surface area contributed by atoms with E-state index in [9.17, 15) is 4.79 Å². The summed E-state index contributed by atoms with van der Waals surface area (Å²) in [7, 11) is 1.96. The number of piperidine rings is 1. The molecule has 20 heavy (non-hydrogen) atoms. The maximum absolute atomic E-state index is 12.3. The predicted molar refractivity (Wildman–Crippen MR) is 90.1 cm³/mol. The largest absolute Gasteiger partial charge is 0.358 e. The van der Waals surface area contributed by atoms with Gasteiger partial charge >= 0.3 is 0 Å². The highest BCUT2D eigenvalue weighted by atomic mass is 32.2. The smallest absolute Gasteiger partial charge is 0.233 e. The first-order chi connectivity index (χ1) is 9.68. The molecule has 1 saturated heterocycles. The first-order valence-corrected chi connectivity index (χ1v) is 9.25. The van der Waals surface area contributed by atoms with E-state index in [0.29, 0.717) is 11.8 Å². The van der Waals surface area contributed by atoms with Crippen LogP contribution in [-0.2, 0) is 4.79 Å². The maximum Gasteiger partial charge on any atom is 0.233 e. The van der Waals surface area contributed by atoms with E-state index in [2.05, 4.69) is 4.90 Å². The second-order valence-corrected chi connectivity index (χ2v) is 7.51. The number of likely N-dealkylation sites (tertiary alicyclic amines) is 1. The number of amides is 1. The van der Waals surface area contributed by atoms with Gasteiger partial charge in [0.2, 0.25) is 5.91 Å². The molecule has 0 aromatic carbocycles. The lowest BCUT2D eigenvalue weighted by Crippen LogP contribution is -2.40. The van der Waals surface area contributed by atoms with Crippen molar-refractivity contribution in [3.63, 3.8) is 0 Å². The lowest BCUT2D eigenvalue weighted by Gasteiger charge is -2.32. The topological polar surface area (TPSA) is 23.6 Å². The van der Waals surface area contributed by atoms with E-state index in [1.54, 1.807) is 11.8 Å². The van der Waals surface area contributed by atoms with E-state index in [-0.39, 0.29) is 5.91 Å². The lowest BCUT2D eigenvalue weighted by atomic mass is 9.94. The zero-order valence-electron chi connectivity index (χ0n) is 12.5. The highest BCUT2D eigenvalue weighted by Crippen LogP contribution is 2.23. The third kappa shape index (κ3) is 4.62. The molecule has 2 fully saturated rings. The molecule has 0 radical (unpaired) electrons. The Morgan fingerprint density at radius 1 is 1.15 bits per heavy atom. The Bertz CT molecular complexity index is 337. The molecule has 1 amide bonds. The highest BCUT2D eigenvalue weighted by Gasteiger charge is 2.23. The van der Waals surface area contributed by atoms with Gasteiger partial charge in [-0.15, -0.1) is 0 Å². The van der Waals surface area contributed by atoms with Gasteiger partial charge < -0.3 is 9.80 Å². The first kappa shape index (κ1) is 16.1. The SMILES string of the molecule is CN(C(=O)CSC(=S)N1CCCCC1)C1CCCCC1. The van der Waals surface area contributed by atoms with E-state index in [1.165, 1.54) is 51.4 Å². The Kier molecular flexibility index (Phi) is 6.62. The van der Waals surface area contributed by atoms with Gasteiger partial charge in [-0.1, -0.05) is 43.2 Å². The Morgan fingerprint density at radius 3 is 2.40 bits per heavy atom. The van der Waals surface area contributed by atoms with Crippen LogP contribution in [0.3, 0.4) is 0 Å². The second-order valence-electron chi connectivity index (χ2n) is 5.90. The van der Waals surface area contributed by atoms with Gasteiger partial charge in [-0.05, 0) is 32.1 Å². The fourth-order valence-electron chi connectivity index (χ4n) is 3.07. The van der Waals surface area contributed by atoms with Gasteiger partial charge in [-0.25, -0.2) is 0 Å². The van der Waals surface area contributed by atoms with Gasteiger partial charge in [0.25, 0.3) is 0 Å². The molecule has 3 nitrogen and oxygen atoms in total. The van der Waals surface area contributed by atoms with Crippen LogP contribution >= 0.6 is 24.0 Å². The van der Waals surface area contributed by atoms with E-state index in [0.717, 1.165) is 17.4 Å². The van der Waals surface area contributed by atoms with E-state index in [1.807, 2.05) is 11.9 Å². The average molecular weight is 315 g/mol. The Morgan fingerprint density at radius 2 is 1.75 bits per heavy atom. The molecule has 0 spiro atoms. The summed E-state index contributed by atoms with van der Waals surface area (Å²) in [5, 5.41) is 0. The number of thiocarbonyl (C=S) groups is 1. The molecule has 5 heteroatoms. The summed E-state index contributed by atoms with van der Waals surface area (Å²) in [6.45, 7) is 2.14. The molecule has 1 heterocycles. The molecular formula is C15H26N2OS2. The van der Waals surface area contributed by atoms with Crippen LogP contribution in [0.4, 0.5) is 0 Å². The molecule has 2 rings (SSSR count). The zero-order valence-corrected chi connectivity index (χ0v) is 14.1. The van der Waals surface area contributed by atoms with Crippen LogP contribution < -0.4 is 0 Å². The molecule has 0 aromatic rings. The van der Waals surface area contributed by atoms with Gasteiger partial charge in [0, 0.05) is 26.2 Å². The number of carbonyl (C=O) groups excluding carboxylic acids is 1. The van der Waals surface area contributed by atoms with Crippen molar-refractivity contribution < 1.29 is 4.79 Å². The molecule has 1 aliphatic heterocycles. The van der Waals surface area contributed by atoms with Crippen LogP contribution in [0.1, 0.15) is 51.4 Å². The first-order valence-electron chi connectivity index (χ1n) is 7.86. The van der Waals surface area contributed by atoms with Crippen LogP contribution in [0.2, 0.25) is 0 Å². The van der Waals surface area contributed by atoms with Crippen molar-refractivity contribution in [3.8, 4) is 0 Å².